The number of hydrogen-bond donors (Lipinski definition) is 1. The molecule has 28 heavy (non-hydrogen) atoms. The smallest absolute Gasteiger partial charge is 0.407 e. The minimum absolute atomic E-state index is 0.0337. The third-order valence-electron chi connectivity index (χ3n) is 3.95. The fourth-order valence-corrected chi connectivity index (χ4v) is 2.84. The summed E-state index contributed by atoms with van der Waals surface area (Å²) in [5.41, 5.74) is -3.07. The number of halogens is 4. The molecular formula is C18H22F4N2O4. The zero-order valence-electron chi connectivity index (χ0n) is 16.0. The highest BCUT2D eigenvalue weighted by Gasteiger charge is 2.35. The van der Waals surface area contributed by atoms with Gasteiger partial charge in [-0.2, -0.15) is 0 Å². The van der Waals surface area contributed by atoms with Crippen LogP contribution in [0.5, 0.6) is 0 Å². The van der Waals surface area contributed by atoms with Crippen LogP contribution in [0.25, 0.3) is 0 Å². The normalized spacial score (nSPS) is 16.9. The van der Waals surface area contributed by atoms with Crippen molar-refractivity contribution in [1.29, 1.82) is 0 Å². The molecule has 156 valence electrons. The average Bonchev–Trinajstić information content (AvgIpc) is 2.99. The highest BCUT2D eigenvalue weighted by Crippen LogP contribution is 2.33. The number of nitrogens with one attached hydrogen (secondary N) is 1. The van der Waals surface area contributed by atoms with Gasteiger partial charge in [-0.1, -0.05) is 0 Å². The topological polar surface area (TPSA) is 67.9 Å². The fourth-order valence-electron chi connectivity index (χ4n) is 2.84. The van der Waals surface area contributed by atoms with Crippen molar-refractivity contribution < 1.29 is 36.6 Å². The van der Waals surface area contributed by atoms with Crippen LogP contribution in [0.3, 0.4) is 0 Å². The first-order chi connectivity index (χ1) is 13.0. The van der Waals surface area contributed by atoms with Crippen LogP contribution in [0.2, 0.25) is 0 Å². The maximum Gasteiger partial charge on any atom is 0.407 e. The molecule has 0 aromatic heterocycles. The second-order valence-corrected chi connectivity index (χ2v) is 7.28. The van der Waals surface area contributed by atoms with E-state index in [0.29, 0.717) is 0 Å². The third-order valence-corrected chi connectivity index (χ3v) is 3.95. The Hall–Kier alpha value is -2.52. The van der Waals surface area contributed by atoms with Crippen molar-refractivity contribution in [2.45, 2.75) is 45.8 Å². The van der Waals surface area contributed by atoms with E-state index in [1.165, 1.54) is 6.92 Å². The van der Waals surface area contributed by atoms with Crippen molar-refractivity contribution in [2.24, 2.45) is 0 Å². The van der Waals surface area contributed by atoms with Crippen molar-refractivity contribution >= 4 is 17.7 Å². The van der Waals surface area contributed by atoms with Gasteiger partial charge in [0.25, 0.3) is 0 Å². The van der Waals surface area contributed by atoms with Gasteiger partial charge in [0.05, 0.1) is 12.6 Å². The molecule has 1 saturated heterocycles. The van der Waals surface area contributed by atoms with Gasteiger partial charge in [-0.05, 0) is 34.1 Å². The SMILES string of the molecule is CCOC(=O)c1c(F)c(F)c(N2CCC(NC(=O)OC(C)(C)C)C2)c(F)c1F. The molecule has 10 heteroatoms. The fraction of sp³-hybridized carbons (Fsp3) is 0.556. The summed E-state index contributed by atoms with van der Waals surface area (Å²) in [7, 11) is 0. The Labute approximate surface area is 159 Å². The largest absolute Gasteiger partial charge is 0.462 e. The maximum absolute atomic E-state index is 14.4. The molecule has 0 saturated carbocycles. The minimum atomic E-state index is -1.82. The van der Waals surface area contributed by atoms with Crippen molar-refractivity contribution in [3.05, 3.63) is 28.8 Å². The number of amides is 1. The highest BCUT2D eigenvalue weighted by atomic mass is 19.2. The Kier molecular flexibility index (Phi) is 6.41. The first-order valence-corrected chi connectivity index (χ1v) is 8.73. The van der Waals surface area contributed by atoms with E-state index in [1.54, 1.807) is 20.8 Å². The maximum atomic E-state index is 14.4. The minimum Gasteiger partial charge on any atom is -0.462 e. The Morgan fingerprint density at radius 2 is 1.68 bits per heavy atom. The molecule has 1 aromatic carbocycles. The van der Waals surface area contributed by atoms with Crippen LogP contribution in [0.4, 0.5) is 28.0 Å². The van der Waals surface area contributed by atoms with Gasteiger partial charge in [-0.15, -0.1) is 0 Å². The molecule has 1 aromatic rings. The van der Waals surface area contributed by atoms with Gasteiger partial charge < -0.3 is 19.7 Å². The molecule has 2 rings (SSSR count). The van der Waals surface area contributed by atoms with Crippen molar-refractivity contribution in [3.8, 4) is 0 Å². The molecule has 6 nitrogen and oxygen atoms in total. The molecule has 1 N–H and O–H groups in total. The van der Waals surface area contributed by atoms with E-state index < -0.39 is 58.2 Å². The van der Waals surface area contributed by atoms with E-state index >= 15 is 0 Å². The second-order valence-electron chi connectivity index (χ2n) is 7.28. The summed E-state index contributed by atoms with van der Waals surface area (Å²) in [4.78, 5) is 24.5. The molecular weight excluding hydrogens is 384 g/mol. The number of hydrogen-bond acceptors (Lipinski definition) is 5. The lowest BCUT2D eigenvalue weighted by Crippen LogP contribution is -2.40. The van der Waals surface area contributed by atoms with E-state index in [1.807, 2.05) is 0 Å². The van der Waals surface area contributed by atoms with Gasteiger partial charge in [-0.3, -0.25) is 0 Å². The monoisotopic (exact) mass is 406 g/mol. The van der Waals surface area contributed by atoms with Gasteiger partial charge in [0.2, 0.25) is 0 Å². The van der Waals surface area contributed by atoms with Crippen LogP contribution >= 0.6 is 0 Å². The van der Waals surface area contributed by atoms with Crippen LogP contribution in [0.15, 0.2) is 0 Å². The molecule has 1 atom stereocenters. The van der Waals surface area contributed by atoms with Crippen molar-refractivity contribution in [3.63, 3.8) is 0 Å². The summed E-state index contributed by atoms with van der Waals surface area (Å²) in [6.07, 6.45) is -0.434. The summed E-state index contributed by atoms with van der Waals surface area (Å²) in [6, 6.07) is -0.537. The number of esters is 1. The van der Waals surface area contributed by atoms with E-state index in [0.717, 1.165) is 4.90 Å². The first-order valence-electron chi connectivity index (χ1n) is 8.73. The molecule has 0 radical (unpaired) electrons. The Bertz CT molecular complexity index is 751. The highest BCUT2D eigenvalue weighted by molar-refractivity contribution is 5.90. The predicted octanol–water partition coefficient (Wildman–Crippen LogP) is 3.52. The molecule has 0 aliphatic carbocycles. The number of alkyl carbamates (subject to hydrolysis) is 1. The summed E-state index contributed by atoms with van der Waals surface area (Å²) in [6.45, 7) is 6.14. The zero-order valence-corrected chi connectivity index (χ0v) is 16.0. The van der Waals surface area contributed by atoms with Gasteiger partial charge >= 0.3 is 12.1 Å². The molecule has 1 fully saturated rings. The third kappa shape index (κ3) is 4.66. The number of carbonyl (C=O) groups excluding carboxylic acids is 2. The van der Waals surface area contributed by atoms with Crippen LogP contribution < -0.4 is 10.2 Å². The van der Waals surface area contributed by atoms with E-state index in [4.69, 9.17) is 4.74 Å². The van der Waals surface area contributed by atoms with Crippen molar-refractivity contribution in [2.75, 3.05) is 24.6 Å². The standard InChI is InChI=1S/C18H22F4N2O4/c1-5-27-16(25)10-11(19)13(21)15(14(22)12(10)20)24-7-6-9(8-24)23-17(26)28-18(2,3)4/h9H,5-8H2,1-4H3,(H,23,26). The van der Waals surface area contributed by atoms with E-state index in [9.17, 15) is 27.2 Å². The Morgan fingerprint density at radius 3 is 2.18 bits per heavy atom. The van der Waals surface area contributed by atoms with E-state index in [2.05, 4.69) is 10.1 Å². The number of anilines is 1. The van der Waals surface area contributed by atoms with Gasteiger partial charge in [0, 0.05) is 13.1 Å². The number of carbonyl (C=O) groups is 2. The molecule has 1 heterocycles. The molecule has 0 spiro atoms. The van der Waals surface area contributed by atoms with Gasteiger partial charge in [0.15, 0.2) is 23.3 Å². The number of benzene rings is 1. The first kappa shape index (κ1) is 21.8. The summed E-state index contributed by atoms with van der Waals surface area (Å²) < 4.78 is 66.8. The molecule has 1 aliphatic rings. The lowest BCUT2D eigenvalue weighted by molar-refractivity contribution is 0.0499. The number of nitrogens with zero attached hydrogens (tertiary/aromatic N) is 1. The molecule has 1 amide bonds. The quantitative estimate of drug-likeness (QED) is 0.471. The summed E-state index contributed by atoms with van der Waals surface area (Å²) >= 11 is 0. The molecule has 1 aliphatic heterocycles. The van der Waals surface area contributed by atoms with Crippen LogP contribution in [0.1, 0.15) is 44.5 Å². The Morgan fingerprint density at radius 1 is 1.11 bits per heavy atom. The lowest BCUT2D eigenvalue weighted by Gasteiger charge is -2.23. The van der Waals surface area contributed by atoms with Crippen molar-refractivity contribution in [1.82, 2.24) is 5.32 Å². The number of rotatable bonds is 4. The summed E-state index contributed by atoms with van der Waals surface area (Å²) in [5, 5.41) is 2.54. The summed E-state index contributed by atoms with van der Waals surface area (Å²) in [5.74, 6) is -8.53. The van der Waals surface area contributed by atoms with Gasteiger partial charge in [0.1, 0.15) is 16.9 Å². The lowest BCUT2D eigenvalue weighted by atomic mass is 10.1. The van der Waals surface area contributed by atoms with Gasteiger partial charge in [-0.25, -0.2) is 27.2 Å². The number of ether oxygens (including phenoxy) is 2. The molecule has 0 bridgehead atoms. The Balaban J connectivity index is 2.23. The average molecular weight is 406 g/mol. The zero-order chi connectivity index (χ0) is 21.2. The van der Waals surface area contributed by atoms with E-state index in [-0.39, 0.29) is 26.1 Å². The van der Waals surface area contributed by atoms with Crippen LogP contribution in [0, 0.1) is 23.3 Å². The van der Waals surface area contributed by atoms with Crippen LogP contribution in [-0.4, -0.2) is 43.4 Å². The molecule has 1 unspecified atom stereocenters. The van der Waals surface area contributed by atoms with Crippen LogP contribution in [-0.2, 0) is 9.47 Å². The second kappa shape index (κ2) is 8.24. The predicted molar refractivity (Wildman–Crippen MR) is 92.2 cm³/mol.